The number of carbonyl (C=O) groups excluding carboxylic acids is 1. The summed E-state index contributed by atoms with van der Waals surface area (Å²) in [5.41, 5.74) is 2.62. The third-order valence-electron chi connectivity index (χ3n) is 7.07. The minimum atomic E-state index is 0.0841. The summed E-state index contributed by atoms with van der Waals surface area (Å²) in [6.45, 7) is 8.85. The molecule has 0 spiro atoms. The average Bonchev–Trinajstić information content (AvgIpc) is 2.75. The fraction of sp³-hybridized carbons (Fsp3) is 0.500. The molecule has 162 valence electrons. The van der Waals surface area contributed by atoms with E-state index in [1.807, 2.05) is 29.2 Å². The van der Waals surface area contributed by atoms with Gasteiger partial charge in [-0.3, -0.25) is 4.79 Å². The van der Waals surface area contributed by atoms with Gasteiger partial charge in [0.15, 0.2) is 0 Å². The predicted octanol–water partition coefficient (Wildman–Crippen LogP) is 4.73. The smallest absolute Gasteiger partial charge is 0.219 e. The van der Waals surface area contributed by atoms with Crippen LogP contribution in [0, 0.1) is 5.92 Å². The molecule has 0 aliphatic carbocycles. The number of hydrogen-bond donors (Lipinski definition) is 0. The van der Waals surface area contributed by atoms with Crippen LogP contribution in [0.15, 0.2) is 54.6 Å². The zero-order chi connectivity index (χ0) is 21.7. The second kappa shape index (κ2) is 9.65. The number of benzene rings is 2. The molecule has 0 aromatic heterocycles. The first-order valence-corrected chi connectivity index (χ1v) is 11.0. The lowest BCUT2D eigenvalue weighted by Crippen LogP contribution is -2.52. The summed E-state index contributed by atoms with van der Waals surface area (Å²) in [6, 6.07) is 19.5. The topological polar surface area (TPSA) is 32.8 Å². The Morgan fingerprint density at radius 1 is 1.13 bits per heavy atom. The van der Waals surface area contributed by atoms with Crippen molar-refractivity contribution in [2.24, 2.45) is 5.92 Å². The number of ether oxygens (including phenoxy) is 1. The molecule has 1 fully saturated rings. The SMILES string of the molecule is COc1ccc(CN(CC[C@@]2(c3ccccc3)C[C@@H](C)N(C)C[C@H]2C)C(C)=O)cc1. The van der Waals surface area contributed by atoms with E-state index in [0.29, 0.717) is 18.5 Å². The van der Waals surface area contributed by atoms with E-state index in [-0.39, 0.29) is 11.3 Å². The average molecular weight is 409 g/mol. The van der Waals surface area contributed by atoms with Gasteiger partial charge in [-0.25, -0.2) is 0 Å². The molecule has 0 saturated carbocycles. The van der Waals surface area contributed by atoms with E-state index in [2.05, 4.69) is 56.1 Å². The molecule has 2 aromatic carbocycles. The van der Waals surface area contributed by atoms with Crippen LogP contribution in [-0.2, 0) is 16.8 Å². The molecule has 30 heavy (non-hydrogen) atoms. The van der Waals surface area contributed by atoms with Gasteiger partial charge >= 0.3 is 0 Å². The lowest BCUT2D eigenvalue weighted by molar-refractivity contribution is -0.129. The number of piperidine rings is 1. The first-order valence-electron chi connectivity index (χ1n) is 11.0. The Labute approximate surface area is 181 Å². The maximum atomic E-state index is 12.5. The molecule has 4 heteroatoms. The standard InChI is InChI=1S/C26H36N2O2/c1-20-18-27(4)21(2)17-26(20,24-9-7-6-8-10-24)15-16-28(22(3)29)19-23-11-13-25(30-5)14-12-23/h6-14,20-21H,15-19H2,1-5H3/t20-,21-,26-/m1/s1. The highest BCUT2D eigenvalue weighted by atomic mass is 16.5. The Balaban J connectivity index is 1.81. The fourth-order valence-corrected chi connectivity index (χ4v) is 4.97. The monoisotopic (exact) mass is 408 g/mol. The van der Waals surface area contributed by atoms with E-state index in [0.717, 1.165) is 37.2 Å². The molecule has 1 aliphatic rings. The van der Waals surface area contributed by atoms with Gasteiger partial charge in [0.1, 0.15) is 5.75 Å². The third kappa shape index (κ3) is 4.86. The second-order valence-corrected chi connectivity index (χ2v) is 8.95. The predicted molar refractivity (Wildman–Crippen MR) is 123 cm³/mol. The number of methoxy groups -OCH3 is 1. The van der Waals surface area contributed by atoms with Crippen LogP contribution in [-0.4, -0.2) is 49.0 Å². The molecule has 0 radical (unpaired) electrons. The molecule has 0 N–H and O–H groups in total. The van der Waals surface area contributed by atoms with Crippen LogP contribution in [0.25, 0.3) is 0 Å². The Hall–Kier alpha value is -2.33. The Kier molecular flexibility index (Phi) is 7.19. The van der Waals surface area contributed by atoms with Crippen molar-refractivity contribution in [1.82, 2.24) is 9.80 Å². The number of hydrogen-bond acceptors (Lipinski definition) is 3. The van der Waals surface area contributed by atoms with E-state index >= 15 is 0 Å². The van der Waals surface area contributed by atoms with E-state index < -0.39 is 0 Å². The van der Waals surface area contributed by atoms with Gasteiger partial charge in [-0.15, -0.1) is 0 Å². The first kappa shape index (κ1) is 22.4. The molecule has 1 amide bonds. The maximum absolute atomic E-state index is 12.5. The maximum Gasteiger partial charge on any atom is 0.219 e. The van der Waals surface area contributed by atoms with Crippen molar-refractivity contribution in [2.45, 2.75) is 51.6 Å². The first-order chi connectivity index (χ1) is 14.4. The van der Waals surface area contributed by atoms with E-state index in [4.69, 9.17) is 4.74 Å². The van der Waals surface area contributed by atoms with Crippen LogP contribution in [0.4, 0.5) is 0 Å². The lowest BCUT2D eigenvalue weighted by atomic mass is 9.63. The number of amides is 1. The molecule has 0 bridgehead atoms. The van der Waals surface area contributed by atoms with E-state index in [1.54, 1.807) is 14.0 Å². The van der Waals surface area contributed by atoms with Gasteiger partial charge in [0.05, 0.1) is 7.11 Å². The van der Waals surface area contributed by atoms with Crippen molar-refractivity contribution in [3.05, 3.63) is 65.7 Å². The normalized spacial score (nSPS) is 24.4. The van der Waals surface area contributed by atoms with Gasteiger partial charge in [-0.2, -0.15) is 0 Å². The highest BCUT2D eigenvalue weighted by molar-refractivity contribution is 5.73. The molecular formula is C26H36N2O2. The minimum absolute atomic E-state index is 0.0841. The number of likely N-dealkylation sites (tertiary alicyclic amines) is 1. The van der Waals surface area contributed by atoms with Gasteiger partial charge in [0.2, 0.25) is 5.91 Å². The summed E-state index contributed by atoms with van der Waals surface area (Å²) in [6.07, 6.45) is 2.09. The van der Waals surface area contributed by atoms with Gasteiger partial charge < -0.3 is 14.5 Å². The van der Waals surface area contributed by atoms with Crippen LogP contribution < -0.4 is 4.74 Å². The largest absolute Gasteiger partial charge is 0.497 e. The summed E-state index contributed by atoms with van der Waals surface area (Å²) in [5, 5.41) is 0. The summed E-state index contributed by atoms with van der Waals surface area (Å²) in [7, 11) is 3.89. The van der Waals surface area contributed by atoms with Crippen LogP contribution in [0.5, 0.6) is 5.75 Å². The Morgan fingerprint density at radius 3 is 2.40 bits per heavy atom. The van der Waals surface area contributed by atoms with Gasteiger partial charge in [0, 0.05) is 38.0 Å². The van der Waals surface area contributed by atoms with Crippen LogP contribution in [0.1, 0.15) is 44.7 Å². The number of carbonyl (C=O) groups is 1. The van der Waals surface area contributed by atoms with Gasteiger partial charge in [0.25, 0.3) is 0 Å². The third-order valence-corrected chi connectivity index (χ3v) is 7.07. The fourth-order valence-electron chi connectivity index (χ4n) is 4.97. The molecule has 1 saturated heterocycles. The van der Waals surface area contributed by atoms with Crippen LogP contribution >= 0.6 is 0 Å². The van der Waals surface area contributed by atoms with Crippen molar-refractivity contribution in [1.29, 1.82) is 0 Å². The molecule has 4 nitrogen and oxygen atoms in total. The quantitative estimate of drug-likeness (QED) is 0.664. The lowest BCUT2D eigenvalue weighted by Gasteiger charge is -2.50. The highest BCUT2D eigenvalue weighted by Gasteiger charge is 2.43. The van der Waals surface area contributed by atoms with Crippen molar-refractivity contribution in [3.63, 3.8) is 0 Å². The second-order valence-electron chi connectivity index (χ2n) is 8.95. The molecule has 3 rings (SSSR count). The Bertz CT molecular complexity index is 821. The molecule has 0 unspecified atom stereocenters. The van der Waals surface area contributed by atoms with Gasteiger partial charge in [-0.05, 0) is 56.0 Å². The Morgan fingerprint density at radius 2 is 1.80 bits per heavy atom. The zero-order valence-corrected chi connectivity index (χ0v) is 19.1. The molecule has 3 atom stereocenters. The molecule has 1 aliphatic heterocycles. The van der Waals surface area contributed by atoms with E-state index in [9.17, 15) is 4.79 Å². The van der Waals surface area contributed by atoms with Gasteiger partial charge in [-0.1, -0.05) is 49.4 Å². The molecular weight excluding hydrogens is 372 g/mol. The summed E-state index contributed by atoms with van der Waals surface area (Å²) < 4.78 is 5.26. The van der Waals surface area contributed by atoms with E-state index in [1.165, 1.54) is 5.56 Å². The molecule has 1 heterocycles. The van der Waals surface area contributed by atoms with Crippen LogP contribution in [0.3, 0.4) is 0 Å². The zero-order valence-electron chi connectivity index (χ0n) is 19.1. The van der Waals surface area contributed by atoms with Crippen molar-refractivity contribution in [3.8, 4) is 5.75 Å². The molecule has 2 aromatic rings. The summed E-state index contributed by atoms with van der Waals surface area (Å²) >= 11 is 0. The summed E-state index contributed by atoms with van der Waals surface area (Å²) in [5.74, 6) is 1.49. The van der Waals surface area contributed by atoms with Crippen molar-refractivity contribution in [2.75, 3.05) is 27.2 Å². The van der Waals surface area contributed by atoms with Crippen molar-refractivity contribution < 1.29 is 9.53 Å². The number of nitrogens with zero attached hydrogens (tertiary/aromatic N) is 2. The summed E-state index contributed by atoms with van der Waals surface area (Å²) in [4.78, 5) is 16.9. The minimum Gasteiger partial charge on any atom is -0.497 e. The highest BCUT2D eigenvalue weighted by Crippen LogP contribution is 2.44. The van der Waals surface area contributed by atoms with Crippen molar-refractivity contribution >= 4 is 5.91 Å². The number of rotatable bonds is 7. The van der Waals surface area contributed by atoms with Crippen LogP contribution in [0.2, 0.25) is 0 Å².